The Morgan fingerprint density at radius 2 is 2.41 bits per heavy atom. The van der Waals surface area contributed by atoms with Gasteiger partial charge in [-0.25, -0.2) is 4.98 Å². The Morgan fingerprint density at radius 1 is 1.59 bits per heavy atom. The van der Waals surface area contributed by atoms with Crippen molar-refractivity contribution in [1.82, 2.24) is 9.97 Å². The molecule has 5 heteroatoms. The maximum absolute atomic E-state index is 8.75. The summed E-state index contributed by atoms with van der Waals surface area (Å²) in [6.07, 6.45) is 0. The van der Waals surface area contributed by atoms with Crippen LogP contribution in [0.1, 0.15) is 13.8 Å². The molecule has 0 bridgehead atoms. The van der Waals surface area contributed by atoms with Crippen molar-refractivity contribution in [3.63, 3.8) is 0 Å². The number of hydrogen-bond acceptors (Lipinski definition) is 4. The lowest BCUT2D eigenvalue weighted by Gasteiger charge is -2.00. The Kier molecular flexibility index (Phi) is 3.55. The van der Waals surface area contributed by atoms with Gasteiger partial charge in [-0.3, -0.25) is 0 Å². The number of H-pyrrole nitrogens is 1. The fourth-order valence-electron chi connectivity index (χ4n) is 1.47. The first kappa shape index (κ1) is 11.8. The number of ether oxygens (including phenoxy) is 1. The topological polar surface area (TPSA) is 61.7 Å². The molecule has 17 heavy (non-hydrogen) atoms. The molecule has 1 heterocycles. The van der Waals surface area contributed by atoms with Gasteiger partial charge < -0.3 is 9.72 Å². The lowest BCUT2D eigenvalue weighted by atomic mass is 10.3. The second kappa shape index (κ2) is 5.11. The molecule has 0 spiro atoms. The largest absolute Gasteiger partial charge is 0.494 e. The summed E-state index contributed by atoms with van der Waals surface area (Å²) in [4.78, 5) is 7.58. The summed E-state index contributed by atoms with van der Waals surface area (Å²) in [5.74, 6) is 0.827. The highest BCUT2D eigenvalue weighted by atomic mass is 32.2. The number of hydrogen-bond donors (Lipinski definition) is 1. The van der Waals surface area contributed by atoms with Gasteiger partial charge in [0, 0.05) is 6.07 Å². The van der Waals surface area contributed by atoms with Gasteiger partial charge in [-0.2, -0.15) is 5.26 Å². The molecule has 0 aliphatic rings. The van der Waals surface area contributed by atoms with Crippen LogP contribution in [0.4, 0.5) is 0 Å². The van der Waals surface area contributed by atoms with Crippen LogP contribution in [0.25, 0.3) is 11.0 Å². The van der Waals surface area contributed by atoms with Crippen molar-refractivity contribution in [2.75, 3.05) is 6.61 Å². The van der Waals surface area contributed by atoms with Crippen LogP contribution in [0, 0.1) is 11.3 Å². The highest BCUT2D eigenvalue weighted by Gasteiger charge is 2.08. The normalized spacial score (nSPS) is 12.3. The molecule has 0 saturated carbocycles. The molecule has 0 amide bonds. The zero-order chi connectivity index (χ0) is 12.3. The lowest BCUT2D eigenvalue weighted by molar-refractivity contribution is 0.340. The molecule has 0 saturated heterocycles. The predicted octanol–water partition coefficient (Wildman–Crippen LogP) is 2.97. The summed E-state index contributed by atoms with van der Waals surface area (Å²) >= 11 is 1.42. The second-order valence-corrected chi connectivity index (χ2v) is 4.87. The molecule has 1 aromatic carbocycles. The molecule has 0 radical (unpaired) electrons. The van der Waals surface area contributed by atoms with Gasteiger partial charge in [-0.1, -0.05) is 11.8 Å². The maximum Gasteiger partial charge on any atom is 0.167 e. The van der Waals surface area contributed by atoms with Crippen LogP contribution in [-0.2, 0) is 0 Å². The average molecular weight is 247 g/mol. The van der Waals surface area contributed by atoms with Crippen molar-refractivity contribution < 1.29 is 4.74 Å². The number of benzene rings is 1. The van der Waals surface area contributed by atoms with E-state index >= 15 is 0 Å². The van der Waals surface area contributed by atoms with Gasteiger partial charge in [0.25, 0.3) is 0 Å². The number of aromatic amines is 1. The summed E-state index contributed by atoms with van der Waals surface area (Å²) in [5.41, 5.74) is 1.82. The van der Waals surface area contributed by atoms with Crippen LogP contribution < -0.4 is 4.74 Å². The number of imidazole rings is 1. The molecule has 4 nitrogen and oxygen atoms in total. The number of nitrogens with one attached hydrogen (secondary N) is 1. The van der Waals surface area contributed by atoms with E-state index in [1.807, 2.05) is 32.0 Å². The summed E-state index contributed by atoms with van der Waals surface area (Å²) in [5, 5.41) is 9.41. The standard InChI is InChI=1S/C12H13N3OS/c1-3-16-9-4-5-10-11(6-9)15-12(14-10)17-8(2)7-13/h4-6,8H,3H2,1-2H3,(H,14,15)/t8-/m1/s1. The molecule has 0 fully saturated rings. The summed E-state index contributed by atoms with van der Waals surface area (Å²) in [7, 11) is 0. The van der Waals surface area contributed by atoms with Crippen molar-refractivity contribution in [2.24, 2.45) is 0 Å². The van der Waals surface area contributed by atoms with Crippen molar-refractivity contribution >= 4 is 22.8 Å². The molecular weight excluding hydrogens is 234 g/mol. The van der Waals surface area contributed by atoms with Crippen LogP contribution in [0.15, 0.2) is 23.4 Å². The summed E-state index contributed by atoms with van der Waals surface area (Å²) in [6, 6.07) is 7.90. The Bertz CT molecular complexity index is 558. The smallest absolute Gasteiger partial charge is 0.167 e. The van der Waals surface area contributed by atoms with Gasteiger partial charge in [-0.15, -0.1) is 0 Å². The van der Waals surface area contributed by atoms with Crippen LogP contribution in [0.2, 0.25) is 0 Å². The van der Waals surface area contributed by atoms with E-state index in [9.17, 15) is 0 Å². The summed E-state index contributed by atoms with van der Waals surface area (Å²) < 4.78 is 5.42. The average Bonchev–Trinajstić information content (AvgIpc) is 2.70. The fraction of sp³-hybridized carbons (Fsp3) is 0.333. The minimum absolute atomic E-state index is 0.109. The molecule has 1 aromatic heterocycles. The number of thioether (sulfide) groups is 1. The Labute approximate surface area is 104 Å². The van der Waals surface area contributed by atoms with Crippen molar-refractivity contribution in [3.8, 4) is 11.8 Å². The lowest BCUT2D eigenvalue weighted by Crippen LogP contribution is -1.90. The molecular formula is C12H13N3OS. The first-order valence-electron chi connectivity index (χ1n) is 5.41. The second-order valence-electron chi connectivity index (χ2n) is 3.54. The number of nitriles is 1. The van der Waals surface area contributed by atoms with Crippen molar-refractivity contribution in [1.29, 1.82) is 5.26 Å². The van der Waals surface area contributed by atoms with Crippen LogP contribution in [0.3, 0.4) is 0 Å². The van der Waals surface area contributed by atoms with Crippen molar-refractivity contribution in [2.45, 2.75) is 24.3 Å². The number of aromatic nitrogens is 2. The van der Waals surface area contributed by atoms with E-state index in [2.05, 4.69) is 16.0 Å². The van der Waals surface area contributed by atoms with Crippen molar-refractivity contribution in [3.05, 3.63) is 18.2 Å². The SMILES string of the molecule is CCOc1ccc2nc(S[C@H](C)C#N)[nH]c2c1. The van der Waals surface area contributed by atoms with Gasteiger partial charge in [0.05, 0.1) is 29.0 Å². The number of rotatable bonds is 4. The third-order valence-corrected chi connectivity index (χ3v) is 3.09. The third-order valence-electron chi connectivity index (χ3n) is 2.21. The third kappa shape index (κ3) is 2.71. The first-order chi connectivity index (χ1) is 8.22. The van der Waals surface area contributed by atoms with Gasteiger partial charge in [0.1, 0.15) is 5.75 Å². The van der Waals surface area contributed by atoms with E-state index < -0.39 is 0 Å². The summed E-state index contributed by atoms with van der Waals surface area (Å²) in [6.45, 7) is 4.45. The minimum Gasteiger partial charge on any atom is -0.494 e. The van der Waals surface area contributed by atoms with E-state index in [1.54, 1.807) is 0 Å². The van der Waals surface area contributed by atoms with Crippen LogP contribution in [0.5, 0.6) is 5.75 Å². The predicted molar refractivity (Wildman–Crippen MR) is 68.2 cm³/mol. The first-order valence-corrected chi connectivity index (χ1v) is 6.29. The molecule has 0 unspecified atom stereocenters. The molecule has 0 aliphatic carbocycles. The monoisotopic (exact) mass is 247 g/mol. The van der Waals surface area contributed by atoms with Crippen LogP contribution >= 0.6 is 11.8 Å². The molecule has 2 rings (SSSR count). The molecule has 2 aromatic rings. The number of nitrogens with zero attached hydrogens (tertiary/aromatic N) is 2. The minimum atomic E-state index is -0.109. The molecule has 0 aliphatic heterocycles. The zero-order valence-corrected chi connectivity index (χ0v) is 10.5. The van der Waals surface area contributed by atoms with Gasteiger partial charge in [0.15, 0.2) is 5.16 Å². The Balaban J connectivity index is 2.28. The van der Waals surface area contributed by atoms with Gasteiger partial charge in [0.2, 0.25) is 0 Å². The highest BCUT2D eigenvalue weighted by Crippen LogP contribution is 2.25. The van der Waals surface area contributed by atoms with Gasteiger partial charge >= 0.3 is 0 Å². The van der Waals surface area contributed by atoms with E-state index in [0.29, 0.717) is 6.61 Å². The molecule has 1 N–H and O–H groups in total. The van der Waals surface area contributed by atoms with Gasteiger partial charge in [-0.05, 0) is 26.0 Å². The fourth-order valence-corrected chi connectivity index (χ4v) is 2.18. The molecule has 1 atom stereocenters. The van der Waals surface area contributed by atoms with E-state index in [0.717, 1.165) is 21.9 Å². The maximum atomic E-state index is 8.75. The highest BCUT2D eigenvalue weighted by molar-refractivity contribution is 8.00. The Morgan fingerprint density at radius 3 is 3.12 bits per heavy atom. The van der Waals surface area contributed by atoms with E-state index in [4.69, 9.17) is 10.00 Å². The Hall–Kier alpha value is -1.67. The quantitative estimate of drug-likeness (QED) is 0.844. The molecule has 88 valence electrons. The zero-order valence-electron chi connectivity index (χ0n) is 9.73. The van der Waals surface area contributed by atoms with E-state index in [1.165, 1.54) is 11.8 Å². The van der Waals surface area contributed by atoms with Crippen LogP contribution in [-0.4, -0.2) is 21.8 Å². The van der Waals surface area contributed by atoms with E-state index in [-0.39, 0.29) is 5.25 Å². The number of fused-ring (bicyclic) bond motifs is 1.